The van der Waals surface area contributed by atoms with Gasteiger partial charge in [0.05, 0.1) is 41.9 Å². The van der Waals surface area contributed by atoms with Crippen molar-refractivity contribution in [2.24, 2.45) is 0 Å². The highest BCUT2D eigenvalue weighted by Crippen LogP contribution is 2.39. The summed E-state index contributed by atoms with van der Waals surface area (Å²) in [4.78, 5) is 28.1. The van der Waals surface area contributed by atoms with E-state index < -0.39 is 0 Å². The van der Waals surface area contributed by atoms with Crippen molar-refractivity contribution in [3.63, 3.8) is 0 Å². The van der Waals surface area contributed by atoms with Crippen LogP contribution in [0.25, 0.3) is 11.0 Å². The molecule has 0 spiro atoms. The molecule has 0 radical (unpaired) electrons. The molecule has 0 N–H and O–H groups in total. The van der Waals surface area contributed by atoms with Crippen LogP contribution in [-0.4, -0.2) is 38.8 Å². The van der Waals surface area contributed by atoms with E-state index in [4.69, 9.17) is 21.3 Å². The van der Waals surface area contributed by atoms with Crippen LogP contribution in [0.3, 0.4) is 0 Å². The largest absolute Gasteiger partial charge is 0.452 e. The van der Waals surface area contributed by atoms with E-state index in [1.807, 2.05) is 0 Å². The van der Waals surface area contributed by atoms with Gasteiger partial charge in [-0.15, -0.1) is 0 Å². The molecule has 1 aliphatic heterocycles. The number of imidazole rings is 1. The number of carbonyl (C=O) groups excluding carboxylic acids is 1. The Morgan fingerprint density at radius 3 is 2.69 bits per heavy atom. The first-order valence-electron chi connectivity index (χ1n) is 11.4. The SMILES string of the molecule is COC(=O)N1c2ccc3c(nc(Cc4cnc(Cl)cn4)n3C3CCCCC3)c2CC[C@@H]1C. The zero-order valence-corrected chi connectivity index (χ0v) is 19.3. The molecule has 3 aromatic rings. The van der Waals surface area contributed by atoms with Crippen molar-refractivity contribution in [2.45, 2.75) is 70.4 Å². The van der Waals surface area contributed by atoms with Gasteiger partial charge >= 0.3 is 6.09 Å². The van der Waals surface area contributed by atoms with Crippen molar-refractivity contribution in [1.29, 1.82) is 0 Å². The number of rotatable bonds is 3. The molecule has 1 aromatic carbocycles. The Labute approximate surface area is 192 Å². The minimum Gasteiger partial charge on any atom is -0.452 e. The molecule has 32 heavy (non-hydrogen) atoms. The second-order valence-electron chi connectivity index (χ2n) is 8.86. The molecule has 5 rings (SSSR count). The van der Waals surface area contributed by atoms with Gasteiger partial charge in [-0.1, -0.05) is 30.9 Å². The van der Waals surface area contributed by atoms with Gasteiger partial charge in [0, 0.05) is 24.1 Å². The smallest absolute Gasteiger partial charge is 0.414 e. The molecule has 1 aliphatic carbocycles. The Balaban J connectivity index is 1.65. The van der Waals surface area contributed by atoms with E-state index in [-0.39, 0.29) is 12.1 Å². The van der Waals surface area contributed by atoms with Crippen LogP contribution in [0, 0.1) is 0 Å². The lowest BCUT2D eigenvalue weighted by Gasteiger charge is -2.34. The standard InChI is InChI=1S/C24H28ClN5O2/c1-15-8-9-18-19(29(15)24(31)32-2)10-11-20-23(18)28-22(12-16-13-27-21(25)14-26-16)30(20)17-6-4-3-5-7-17/h10-11,13-15,17H,3-9,12H2,1-2H3/t15-/m0/s1. The van der Waals surface area contributed by atoms with Gasteiger partial charge in [0.1, 0.15) is 11.0 Å². The number of ether oxygens (including phenoxy) is 1. The molecule has 3 heterocycles. The van der Waals surface area contributed by atoms with E-state index in [0.29, 0.717) is 17.6 Å². The van der Waals surface area contributed by atoms with Crippen LogP contribution in [0.2, 0.25) is 5.15 Å². The van der Waals surface area contributed by atoms with E-state index in [0.717, 1.165) is 59.5 Å². The number of hydrogen-bond donors (Lipinski definition) is 0. The van der Waals surface area contributed by atoms with Gasteiger partial charge in [-0.05, 0) is 44.7 Å². The quantitative estimate of drug-likeness (QED) is 0.524. The number of fused-ring (bicyclic) bond motifs is 3. The third-order valence-electron chi connectivity index (χ3n) is 6.85. The molecule has 1 atom stereocenters. The average Bonchev–Trinajstić information content (AvgIpc) is 3.18. The Kier molecular flexibility index (Phi) is 5.76. The Bertz CT molecular complexity index is 1140. The van der Waals surface area contributed by atoms with E-state index in [1.165, 1.54) is 26.4 Å². The molecule has 8 heteroatoms. The summed E-state index contributed by atoms with van der Waals surface area (Å²) in [7, 11) is 1.44. The molecular formula is C24H28ClN5O2. The summed E-state index contributed by atoms with van der Waals surface area (Å²) in [6, 6.07) is 4.72. The molecule has 0 bridgehead atoms. The van der Waals surface area contributed by atoms with E-state index in [1.54, 1.807) is 17.3 Å². The van der Waals surface area contributed by atoms with Gasteiger partial charge in [0.2, 0.25) is 0 Å². The van der Waals surface area contributed by atoms with Crippen molar-refractivity contribution in [2.75, 3.05) is 12.0 Å². The second-order valence-corrected chi connectivity index (χ2v) is 9.24. The molecule has 2 aliphatic rings. The van der Waals surface area contributed by atoms with Crippen LogP contribution in [-0.2, 0) is 17.6 Å². The maximum absolute atomic E-state index is 12.5. The number of aromatic nitrogens is 4. The summed E-state index contributed by atoms with van der Waals surface area (Å²) in [5.74, 6) is 1.00. The number of hydrogen-bond acceptors (Lipinski definition) is 5. The molecule has 1 saturated carbocycles. The van der Waals surface area contributed by atoms with Crippen molar-refractivity contribution in [3.05, 3.63) is 46.8 Å². The zero-order chi connectivity index (χ0) is 22.2. The fourth-order valence-electron chi connectivity index (χ4n) is 5.29. The van der Waals surface area contributed by atoms with Crippen LogP contribution in [0.15, 0.2) is 24.5 Å². The first-order valence-corrected chi connectivity index (χ1v) is 11.8. The van der Waals surface area contributed by atoms with Crippen molar-refractivity contribution < 1.29 is 9.53 Å². The third kappa shape index (κ3) is 3.72. The first-order chi connectivity index (χ1) is 15.6. The third-order valence-corrected chi connectivity index (χ3v) is 7.05. The van der Waals surface area contributed by atoms with E-state index >= 15 is 0 Å². The molecule has 168 valence electrons. The lowest BCUT2D eigenvalue weighted by atomic mass is 9.94. The molecule has 1 fully saturated rings. The molecule has 7 nitrogen and oxygen atoms in total. The lowest BCUT2D eigenvalue weighted by molar-refractivity contribution is 0.175. The van der Waals surface area contributed by atoms with E-state index in [2.05, 4.69) is 33.6 Å². The maximum atomic E-state index is 12.5. The summed E-state index contributed by atoms with van der Waals surface area (Å²) < 4.78 is 7.50. The van der Waals surface area contributed by atoms with Crippen LogP contribution in [0.1, 0.15) is 68.6 Å². The second kappa shape index (κ2) is 8.70. The van der Waals surface area contributed by atoms with Gasteiger partial charge < -0.3 is 9.30 Å². The number of amides is 1. The van der Waals surface area contributed by atoms with Crippen molar-refractivity contribution in [1.82, 2.24) is 19.5 Å². The predicted octanol–water partition coefficient (Wildman–Crippen LogP) is 5.48. The first kappa shape index (κ1) is 21.2. The minimum atomic E-state index is -0.318. The summed E-state index contributed by atoms with van der Waals surface area (Å²) in [5, 5.41) is 0.389. The monoisotopic (exact) mass is 453 g/mol. The van der Waals surface area contributed by atoms with Gasteiger partial charge in [-0.3, -0.25) is 9.88 Å². The van der Waals surface area contributed by atoms with Crippen LogP contribution in [0.4, 0.5) is 10.5 Å². The van der Waals surface area contributed by atoms with Crippen LogP contribution >= 0.6 is 11.6 Å². The predicted molar refractivity (Wildman–Crippen MR) is 124 cm³/mol. The van der Waals surface area contributed by atoms with Gasteiger partial charge in [-0.2, -0.15) is 0 Å². The van der Waals surface area contributed by atoms with Crippen LogP contribution in [0.5, 0.6) is 0 Å². The van der Waals surface area contributed by atoms with Gasteiger partial charge in [0.15, 0.2) is 0 Å². The molecule has 0 unspecified atom stereocenters. The van der Waals surface area contributed by atoms with Crippen molar-refractivity contribution >= 4 is 34.4 Å². The molecule has 1 amide bonds. The average molecular weight is 454 g/mol. The van der Waals surface area contributed by atoms with Crippen molar-refractivity contribution in [3.8, 4) is 0 Å². The Hall–Kier alpha value is -2.67. The number of nitrogens with zero attached hydrogens (tertiary/aromatic N) is 5. The number of carbonyl (C=O) groups is 1. The summed E-state index contributed by atoms with van der Waals surface area (Å²) in [6.07, 6.45) is 11.5. The Morgan fingerprint density at radius 1 is 1.16 bits per heavy atom. The molecule has 2 aromatic heterocycles. The number of methoxy groups -OCH3 is 1. The Morgan fingerprint density at radius 2 is 1.97 bits per heavy atom. The minimum absolute atomic E-state index is 0.0941. The molecule has 0 saturated heterocycles. The molecular weight excluding hydrogens is 426 g/mol. The normalized spacial score (nSPS) is 19.2. The van der Waals surface area contributed by atoms with Crippen LogP contribution < -0.4 is 4.90 Å². The zero-order valence-electron chi connectivity index (χ0n) is 18.6. The van der Waals surface area contributed by atoms with Gasteiger partial charge in [0.25, 0.3) is 0 Å². The maximum Gasteiger partial charge on any atom is 0.414 e. The fraction of sp³-hybridized carbons (Fsp3) is 0.500. The topological polar surface area (TPSA) is 73.1 Å². The number of halogens is 1. The summed E-state index contributed by atoms with van der Waals surface area (Å²) >= 11 is 5.94. The number of anilines is 1. The number of benzene rings is 1. The summed E-state index contributed by atoms with van der Waals surface area (Å²) in [6.45, 7) is 2.06. The highest BCUT2D eigenvalue weighted by Gasteiger charge is 2.32. The van der Waals surface area contributed by atoms with E-state index in [9.17, 15) is 4.79 Å². The fourth-order valence-corrected chi connectivity index (χ4v) is 5.38. The highest BCUT2D eigenvalue weighted by molar-refractivity contribution is 6.29. The lowest BCUT2D eigenvalue weighted by Crippen LogP contribution is -2.42. The number of aryl methyl sites for hydroxylation is 1. The van der Waals surface area contributed by atoms with Gasteiger partial charge in [-0.25, -0.2) is 14.8 Å². The summed E-state index contributed by atoms with van der Waals surface area (Å²) in [5.41, 5.74) is 5.02. The highest BCUT2D eigenvalue weighted by atomic mass is 35.5.